The number of benzene rings is 2. The second-order valence-electron chi connectivity index (χ2n) is 5.62. The number of nitrogens with zero attached hydrogens (tertiary/aromatic N) is 1. The lowest BCUT2D eigenvalue weighted by molar-refractivity contribution is 0.580. The van der Waals surface area contributed by atoms with E-state index in [0.717, 1.165) is 22.4 Å². The molecule has 0 unspecified atom stereocenters. The maximum atomic E-state index is 13.6. The maximum absolute atomic E-state index is 13.6. The molecule has 0 fully saturated rings. The van der Waals surface area contributed by atoms with Crippen molar-refractivity contribution >= 4 is 11.6 Å². The van der Waals surface area contributed by atoms with Crippen molar-refractivity contribution in [2.45, 2.75) is 0 Å². The summed E-state index contributed by atoms with van der Waals surface area (Å²) in [6.07, 6.45) is 1.60. The third kappa shape index (κ3) is 3.32. The molecule has 0 bridgehead atoms. The molecule has 0 atom stereocenters. The lowest BCUT2D eigenvalue weighted by atomic mass is 10.0. The van der Waals surface area contributed by atoms with Crippen LogP contribution >= 0.6 is 11.6 Å². The normalized spacial score (nSPS) is 10.8. The smallest absolute Gasteiger partial charge is 0.152 e. The first kappa shape index (κ1) is 15.6. The molecule has 2 heterocycles. The number of rotatable bonds is 3. The van der Waals surface area contributed by atoms with Gasteiger partial charge in [0.05, 0.1) is 12.0 Å². The molecule has 0 amide bonds. The van der Waals surface area contributed by atoms with Crippen LogP contribution in [0.2, 0.25) is 5.02 Å². The van der Waals surface area contributed by atoms with Gasteiger partial charge in [-0.05, 0) is 59.7 Å². The lowest BCUT2D eigenvalue weighted by Crippen LogP contribution is -1.90. The van der Waals surface area contributed by atoms with Gasteiger partial charge in [0.15, 0.2) is 5.76 Å². The molecule has 0 saturated carbocycles. The van der Waals surface area contributed by atoms with Crippen molar-refractivity contribution in [1.29, 1.82) is 0 Å². The standard InChI is InChI=1S/C21H13ClFNO/c22-17-8-6-14(7-9-17)19-12-16(15-3-1-4-18(23)11-15)13-20(24-19)21-5-2-10-25-21/h1-13H. The molecule has 0 spiro atoms. The van der Waals surface area contributed by atoms with Crippen LogP contribution < -0.4 is 0 Å². The number of halogens is 2. The molecule has 0 saturated heterocycles. The third-order valence-electron chi connectivity index (χ3n) is 3.90. The largest absolute Gasteiger partial charge is 0.463 e. The van der Waals surface area contributed by atoms with Crippen LogP contribution in [0, 0.1) is 5.82 Å². The first-order chi connectivity index (χ1) is 12.2. The minimum atomic E-state index is -0.276. The van der Waals surface area contributed by atoms with E-state index >= 15 is 0 Å². The highest BCUT2D eigenvalue weighted by molar-refractivity contribution is 6.30. The van der Waals surface area contributed by atoms with Crippen LogP contribution in [-0.2, 0) is 0 Å². The predicted molar refractivity (Wildman–Crippen MR) is 97.8 cm³/mol. The second-order valence-corrected chi connectivity index (χ2v) is 6.06. The Morgan fingerprint density at radius 3 is 2.28 bits per heavy atom. The summed E-state index contributed by atoms with van der Waals surface area (Å²) < 4.78 is 19.1. The van der Waals surface area contributed by atoms with Crippen LogP contribution in [0.5, 0.6) is 0 Å². The Kier molecular flexibility index (Phi) is 4.08. The van der Waals surface area contributed by atoms with Crippen molar-refractivity contribution in [3.8, 4) is 33.8 Å². The highest BCUT2D eigenvalue weighted by Gasteiger charge is 2.11. The summed E-state index contributed by atoms with van der Waals surface area (Å²) in [7, 11) is 0. The van der Waals surface area contributed by atoms with Gasteiger partial charge in [0.2, 0.25) is 0 Å². The quantitative estimate of drug-likeness (QED) is 0.423. The highest BCUT2D eigenvalue weighted by atomic mass is 35.5. The summed E-state index contributed by atoms with van der Waals surface area (Å²) >= 11 is 5.98. The number of pyridine rings is 1. The Morgan fingerprint density at radius 2 is 1.56 bits per heavy atom. The molecule has 4 heteroatoms. The number of aromatic nitrogens is 1. The molecule has 0 aliphatic heterocycles. The van der Waals surface area contributed by atoms with Crippen molar-refractivity contribution < 1.29 is 8.81 Å². The molecule has 2 aromatic heterocycles. The number of hydrogen-bond donors (Lipinski definition) is 0. The molecule has 0 N–H and O–H groups in total. The zero-order chi connectivity index (χ0) is 17.2. The van der Waals surface area contributed by atoms with Crippen molar-refractivity contribution in [2.75, 3.05) is 0 Å². The fourth-order valence-electron chi connectivity index (χ4n) is 2.68. The predicted octanol–water partition coefficient (Wildman–Crippen LogP) is 6.47. The van der Waals surface area contributed by atoms with Crippen molar-refractivity contribution in [3.63, 3.8) is 0 Å². The van der Waals surface area contributed by atoms with E-state index in [-0.39, 0.29) is 5.82 Å². The van der Waals surface area contributed by atoms with E-state index in [9.17, 15) is 4.39 Å². The van der Waals surface area contributed by atoms with Gasteiger partial charge < -0.3 is 4.42 Å². The molecule has 0 radical (unpaired) electrons. The summed E-state index contributed by atoms with van der Waals surface area (Å²) in [4.78, 5) is 4.69. The van der Waals surface area contributed by atoms with Crippen LogP contribution in [-0.4, -0.2) is 4.98 Å². The Balaban J connectivity index is 1.90. The van der Waals surface area contributed by atoms with E-state index in [2.05, 4.69) is 0 Å². The Bertz CT molecular complexity index is 1010. The van der Waals surface area contributed by atoms with Gasteiger partial charge in [-0.25, -0.2) is 9.37 Å². The van der Waals surface area contributed by atoms with Crippen molar-refractivity contribution in [3.05, 3.63) is 89.9 Å². The van der Waals surface area contributed by atoms with E-state index in [1.807, 2.05) is 54.6 Å². The third-order valence-corrected chi connectivity index (χ3v) is 4.15. The molecule has 0 aliphatic rings. The first-order valence-corrected chi connectivity index (χ1v) is 8.15. The van der Waals surface area contributed by atoms with Gasteiger partial charge in [-0.2, -0.15) is 0 Å². The average molecular weight is 350 g/mol. The number of furan rings is 1. The molecular weight excluding hydrogens is 337 g/mol. The van der Waals surface area contributed by atoms with Gasteiger partial charge in [-0.1, -0.05) is 35.9 Å². The Morgan fingerprint density at radius 1 is 0.760 bits per heavy atom. The van der Waals surface area contributed by atoms with Gasteiger partial charge >= 0.3 is 0 Å². The molecule has 2 nitrogen and oxygen atoms in total. The van der Waals surface area contributed by atoms with E-state index < -0.39 is 0 Å². The van der Waals surface area contributed by atoms with Gasteiger partial charge in [0.1, 0.15) is 11.5 Å². The molecule has 0 aliphatic carbocycles. The number of hydrogen-bond acceptors (Lipinski definition) is 2. The van der Waals surface area contributed by atoms with Crippen LogP contribution in [0.15, 0.2) is 83.5 Å². The Labute approximate surface area is 149 Å². The summed E-state index contributed by atoms with van der Waals surface area (Å²) in [5.74, 6) is 0.385. The fourth-order valence-corrected chi connectivity index (χ4v) is 2.81. The maximum Gasteiger partial charge on any atom is 0.152 e. The summed E-state index contributed by atoms with van der Waals surface area (Å²) in [5, 5.41) is 0.663. The fraction of sp³-hybridized carbons (Fsp3) is 0. The van der Waals surface area contributed by atoms with Crippen LogP contribution in [0.3, 0.4) is 0 Å². The van der Waals surface area contributed by atoms with Crippen molar-refractivity contribution in [1.82, 2.24) is 4.98 Å². The van der Waals surface area contributed by atoms with Gasteiger partial charge in [-0.15, -0.1) is 0 Å². The molecular formula is C21H13ClFNO. The van der Waals surface area contributed by atoms with Crippen molar-refractivity contribution in [2.24, 2.45) is 0 Å². The second kappa shape index (κ2) is 6.54. The zero-order valence-corrected chi connectivity index (χ0v) is 13.9. The van der Waals surface area contributed by atoms with Crippen LogP contribution in [0.1, 0.15) is 0 Å². The highest BCUT2D eigenvalue weighted by Crippen LogP contribution is 2.31. The SMILES string of the molecule is Fc1cccc(-c2cc(-c3ccc(Cl)cc3)nc(-c3ccco3)c2)c1. The van der Waals surface area contributed by atoms with Gasteiger partial charge in [0.25, 0.3) is 0 Å². The molecule has 25 heavy (non-hydrogen) atoms. The average Bonchev–Trinajstić information content (AvgIpc) is 3.17. The van der Waals surface area contributed by atoms with Gasteiger partial charge in [0, 0.05) is 10.6 Å². The monoisotopic (exact) mass is 349 g/mol. The zero-order valence-electron chi connectivity index (χ0n) is 13.1. The minimum Gasteiger partial charge on any atom is -0.463 e. The molecule has 4 rings (SSSR count). The van der Waals surface area contributed by atoms with E-state index in [1.165, 1.54) is 12.1 Å². The summed E-state index contributed by atoms with van der Waals surface area (Å²) in [6, 6.07) is 21.5. The molecule has 2 aromatic carbocycles. The summed E-state index contributed by atoms with van der Waals surface area (Å²) in [5.41, 5.74) is 4.04. The topological polar surface area (TPSA) is 26.0 Å². The first-order valence-electron chi connectivity index (χ1n) is 7.77. The van der Waals surface area contributed by atoms with E-state index in [1.54, 1.807) is 12.3 Å². The Hall–Kier alpha value is -2.91. The van der Waals surface area contributed by atoms with E-state index in [0.29, 0.717) is 16.5 Å². The van der Waals surface area contributed by atoms with Crippen LogP contribution in [0.25, 0.3) is 33.8 Å². The molecule has 122 valence electrons. The van der Waals surface area contributed by atoms with Gasteiger partial charge in [-0.3, -0.25) is 0 Å². The van der Waals surface area contributed by atoms with E-state index in [4.69, 9.17) is 21.0 Å². The molecule has 4 aromatic rings. The lowest BCUT2D eigenvalue weighted by Gasteiger charge is -2.09. The summed E-state index contributed by atoms with van der Waals surface area (Å²) in [6.45, 7) is 0. The minimum absolute atomic E-state index is 0.276. The van der Waals surface area contributed by atoms with Crippen LogP contribution in [0.4, 0.5) is 4.39 Å².